The third-order valence-corrected chi connectivity index (χ3v) is 6.06. The summed E-state index contributed by atoms with van der Waals surface area (Å²) in [6, 6.07) is 17.7. The van der Waals surface area contributed by atoms with E-state index in [0.29, 0.717) is 10.8 Å². The molecule has 0 spiro atoms. The first kappa shape index (κ1) is 18.7. The van der Waals surface area contributed by atoms with Gasteiger partial charge in [-0.05, 0) is 42.0 Å². The second-order valence-corrected chi connectivity index (χ2v) is 8.08. The molecule has 1 aliphatic rings. The zero-order valence-electron chi connectivity index (χ0n) is 15.6. The summed E-state index contributed by atoms with van der Waals surface area (Å²) in [5.41, 5.74) is 3.38. The van der Waals surface area contributed by atoms with Crippen LogP contribution in [0.25, 0.3) is 5.69 Å². The Kier molecular flexibility index (Phi) is 5.41. The summed E-state index contributed by atoms with van der Waals surface area (Å²) in [4.78, 5) is 15.8. The highest BCUT2D eigenvalue weighted by Gasteiger charge is 2.31. The molecule has 0 atom stereocenters. The first-order valence-electron chi connectivity index (χ1n) is 9.15. The fraction of sp³-hybridized carbons (Fsp3) is 0.227. The van der Waals surface area contributed by atoms with Crippen LogP contribution in [-0.2, 0) is 11.3 Å². The zero-order valence-corrected chi connectivity index (χ0v) is 16.4. The molecule has 1 aliphatic heterocycles. The van der Waals surface area contributed by atoms with Crippen LogP contribution in [-0.4, -0.2) is 41.1 Å². The van der Waals surface area contributed by atoms with Gasteiger partial charge in [0, 0.05) is 35.6 Å². The predicted octanol–water partition coefficient (Wildman–Crippen LogP) is 3.74. The van der Waals surface area contributed by atoms with E-state index in [-0.39, 0.29) is 12.6 Å². The molecule has 2 heterocycles. The van der Waals surface area contributed by atoms with Crippen LogP contribution in [0.5, 0.6) is 0 Å². The monoisotopic (exact) mass is 394 g/mol. The average Bonchev–Trinajstić information content (AvgIpc) is 3.24. The van der Waals surface area contributed by atoms with Gasteiger partial charge in [-0.1, -0.05) is 18.2 Å². The highest BCUT2D eigenvalue weighted by molar-refractivity contribution is 8.00. The van der Waals surface area contributed by atoms with Gasteiger partial charge in [0.15, 0.2) is 0 Å². The van der Waals surface area contributed by atoms with E-state index >= 15 is 0 Å². The molecular formula is C22H22N2O3S. The summed E-state index contributed by atoms with van der Waals surface area (Å²) in [5, 5.41) is 9.65. The number of carbonyl (C=O) groups excluding carboxylic acids is 1. The lowest BCUT2D eigenvalue weighted by Crippen LogP contribution is -2.49. The Balaban J connectivity index is 1.53. The van der Waals surface area contributed by atoms with Crippen molar-refractivity contribution in [3.63, 3.8) is 0 Å². The molecule has 5 nitrogen and oxygen atoms in total. The number of aromatic nitrogens is 1. The number of anilines is 1. The van der Waals surface area contributed by atoms with Gasteiger partial charge < -0.3 is 19.3 Å². The normalized spacial score (nSPS) is 14.0. The molecule has 3 aromatic rings. The Morgan fingerprint density at radius 3 is 2.46 bits per heavy atom. The van der Waals surface area contributed by atoms with Crippen LogP contribution in [0.4, 0.5) is 5.69 Å². The summed E-state index contributed by atoms with van der Waals surface area (Å²) >= 11 is 1.84. The number of ether oxygens (including phenoxy) is 1. The van der Waals surface area contributed by atoms with E-state index in [1.807, 2.05) is 59.1 Å². The summed E-state index contributed by atoms with van der Waals surface area (Å²) in [7, 11) is 1.41. The van der Waals surface area contributed by atoms with Gasteiger partial charge in [0.1, 0.15) is 0 Å². The van der Waals surface area contributed by atoms with Crippen LogP contribution in [0.15, 0.2) is 71.9 Å². The van der Waals surface area contributed by atoms with Crippen LogP contribution in [0.2, 0.25) is 0 Å². The van der Waals surface area contributed by atoms with E-state index in [9.17, 15) is 4.79 Å². The molecule has 0 unspecified atom stereocenters. The number of hydrogen-bond donors (Lipinski definition) is 1. The van der Waals surface area contributed by atoms with Gasteiger partial charge in [-0.15, -0.1) is 11.8 Å². The lowest BCUT2D eigenvalue weighted by molar-refractivity contribution is 0.0601. The van der Waals surface area contributed by atoms with Crippen LogP contribution >= 0.6 is 11.8 Å². The molecular weight excluding hydrogens is 372 g/mol. The van der Waals surface area contributed by atoms with Crippen molar-refractivity contribution in [1.82, 2.24) is 4.57 Å². The number of nitrogens with zero attached hydrogens (tertiary/aromatic N) is 2. The Hall–Kier alpha value is -2.70. The number of carbonyl (C=O) groups is 1. The van der Waals surface area contributed by atoms with Crippen molar-refractivity contribution < 1.29 is 14.6 Å². The van der Waals surface area contributed by atoms with Crippen LogP contribution in [0.1, 0.15) is 15.9 Å². The Bertz CT molecular complexity index is 948. The maximum absolute atomic E-state index is 12.3. The van der Waals surface area contributed by atoms with Crippen molar-refractivity contribution in [3.05, 3.63) is 78.1 Å². The molecule has 0 aliphatic carbocycles. The Morgan fingerprint density at radius 1 is 1.11 bits per heavy atom. The highest BCUT2D eigenvalue weighted by atomic mass is 32.2. The Labute approximate surface area is 168 Å². The van der Waals surface area contributed by atoms with Gasteiger partial charge >= 0.3 is 5.97 Å². The molecule has 28 heavy (non-hydrogen) atoms. The van der Waals surface area contributed by atoms with Crippen LogP contribution in [0, 0.1) is 0 Å². The number of benzene rings is 2. The van der Waals surface area contributed by atoms with Crippen molar-refractivity contribution in [2.24, 2.45) is 0 Å². The number of hydrogen-bond acceptors (Lipinski definition) is 5. The van der Waals surface area contributed by atoms with Crippen molar-refractivity contribution in [1.29, 1.82) is 0 Å². The Morgan fingerprint density at radius 2 is 1.82 bits per heavy atom. The average molecular weight is 394 g/mol. The van der Waals surface area contributed by atoms with E-state index in [0.717, 1.165) is 30.0 Å². The maximum Gasteiger partial charge on any atom is 0.340 e. The lowest BCUT2D eigenvalue weighted by atomic mass is 10.1. The van der Waals surface area contributed by atoms with Crippen molar-refractivity contribution >= 4 is 23.4 Å². The van der Waals surface area contributed by atoms with Gasteiger partial charge in [-0.3, -0.25) is 0 Å². The molecule has 0 amide bonds. The van der Waals surface area contributed by atoms with E-state index in [1.165, 1.54) is 12.0 Å². The molecule has 2 aromatic carbocycles. The minimum atomic E-state index is -0.332. The summed E-state index contributed by atoms with van der Waals surface area (Å²) in [6.07, 6.45) is 3.89. The largest absolute Gasteiger partial charge is 0.465 e. The quantitative estimate of drug-likeness (QED) is 0.646. The first-order valence-corrected chi connectivity index (χ1v) is 10.0. The number of esters is 1. The van der Waals surface area contributed by atoms with Gasteiger partial charge in [0.05, 0.1) is 30.7 Å². The maximum atomic E-state index is 12.3. The molecule has 144 valence electrons. The molecule has 4 rings (SSSR count). The zero-order chi connectivity index (χ0) is 19.5. The number of aliphatic hydroxyl groups excluding tert-OH is 1. The SMILES string of the molecule is COC(=O)c1cccc(N2CC(Sc3ccc(CO)cc3)C2)c1-n1cccc1. The van der Waals surface area contributed by atoms with Gasteiger partial charge in [-0.25, -0.2) is 4.79 Å². The molecule has 1 aromatic heterocycles. The molecule has 1 fully saturated rings. The predicted molar refractivity (Wildman–Crippen MR) is 111 cm³/mol. The third-order valence-electron chi connectivity index (χ3n) is 4.88. The number of aliphatic hydroxyl groups is 1. The third kappa shape index (κ3) is 3.66. The summed E-state index contributed by atoms with van der Waals surface area (Å²) < 4.78 is 6.96. The molecule has 0 radical (unpaired) electrons. The topological polar surface area (TPSA) is 54.7 Å². The van der Waals surface area contributed by atoms with E-state index in [1.54, 1.807) is 6.07 Å². The minimum Gasteiger partial charge on any atom is -0.465 e. The minimum absolute atomic E-state index is 0.0703. The lowest BCUT2D eigenvalue weighted by Gasteiger charge is -2.41. The molecule has 1 saturated heterocycles. The van der Waals surface area contributed by atoms with Crippen molar-refractivity contribution in [3.8, 4) is 5.69 Å². The van der Waals surface area contributed by atoms with Gasteiger partial charge in [0.25, 0.3) is 0 Å². The van der Waals surface area contributed by atoms with Gasteiger partial charge in [0.2, 0.25) is 0 Å². The van der Waals surface area contributed by atoms with Crippen molar-refractivity contribution in [2.45, 2.75) is 16.8 Å². The standard InChI is InChI=1S/C22H22N2O3S/c1-27-22(26)19-5-4-6-20(21(19)23-11-2-3-12-23)24-13-18(14-24)28-17-9-7-16(15-25)8-10-17/h2-12,18,25H,13-15H2,1H3. The number of thioether (sulfide) groups is 1. The van der Waals surface area contributed by atoms with E-state index in [4.69, 9.17) is 9.84 Å². The van der Waals surface area contributed by atoms with Crippen LogP contribution < -0.4 is 4.90 Å². The summed E-state index contributed by atoms with van der Waals surface area (Å²) in [6.45, 7) is 1.89. The fourth-order valence-electron chi connectivity index (χ4n) is 3.39. The highest BCUT2D eigenvalue weighted by Crippen LogP contribution is 2.37. The number of rotatable bonds is 6. The first-order chi connectivity index (χ1) is 13.7. The molecule has 0 saturated carbocycles. The van der Waals surface area contributed by atoms with E-state index in [2.05, 4.69) is 23.1 Å². The second kappa shape index (κ2) is 8.12. The molecule has 1 N–H and O–H groups in total. The fourth-order valence-corrected chi connectivity index (χ4v) is 4.58. The van der Waals surface area contributed by atoms with E-state index < -0.39 is 0 Å². The van der Waals surface area contributed by atoms with Gasteiger partial charge in [-0.2, -0.15) is 0 Å². The number of methoxy groups -OCH3 is 1. The smallest absolute Gasteiger partial charge is 0.340 e. The molecule has 6 heteroatoms. The number of para-hydroxylation sites is 1. The second-order valence-electron chi connectivity index (χ2n) is 6.70. The van der Waals surface area contributed by atoms with Crippen LogP contribution in [0.3, 0.4) is 0 Å². The summed E-state index contributed by atoms with van der Waals surface area (Å²) in [5.74, 6) is -0.332. The molecule has 0 bridgehead atoms. The van der Waals surface area contributed by atoms with Crippen molar-refractivity contribution in [2.75, 3.05) is 25.1 Å².